The van der Waals surface area contributed by atoms with Crippen molar-refractivity contribution in [3.05, 3.63) is 221 Å². The number of hydrogen-bond acceptors (Lipinski definition) is 4. The van der Waals surface area contributed by atoms with Crippen LogP contribution < -0.4 is 0 Å². The summed E-state index contributed by atoms with van der Waals surface area (Å²) in [6, 6.07) is 17.1. The molecule has 8 aromatic rings. The van der Waals surface area contributed by atoms with Gasteiger partial charge in [0.2, 0.25) is 0 Å². The molecule has 0 spiro atoms. The lowest BCUT2D eigenvalue weighted by Gasteiger charge is -2.04. The van der Waals surface area contributed by atoms with Gasteiger partial charge in [-0.25, -0.2) is 4.52 Å². The molecule has 84 heavy (non-hydrogen) atoms. The molecule has 0 bridgehead atoms. The molecule has 12 rings (SSSR count). The predicted molar refractivity (Wildman–Crippen MR) is 375 cm³/mol. The van der Waals surface area contributed by atoms with Crippen LogP contribution in [0, 0.1) is 69.2 Å². The third kappa shape index (κ3) is 18.5. The van der Waals surface area contributed by atoms with Crippen LogP contribution in [0.2, 0.25) is 0 Å². The number of rotatable bonds is 0. The minimum Gasteiger partial charge on any atom is -0.323 e. The van der Waals surface area contributed by atoms with Gasteiger partial charge in [0.15, 0.2) is 0 Å². The lowest BCUT2D eigenvalue weighted by atomic mass is 10.0. The molecule has 7 aromatic heterocycles. The van der Waals surface area contributed by atoms with E-state index in [-0.39, 0.29) is 0 Å². The van der Waals surface area contributed by atoms with Crippen LogP contribution in [0.3, 0.4) is 0 Å². The van der Waals surface area contributed by atoms with Crippen LogP contribution in [0.4, 0.5) is 0 Å². The first-order valence-corrected chi connectivity index (χ1v) is 31.7. The standard InChI is InChI=1S/C12H14.4C11H13N.C10H12N2.6C2H6/c1-8-5-4-6-11-7-9(2)10(3)12(8)11;1-7-4-10-6-12-5-8(2)11(10)9(7)3;1-7-6-10-4-5-12-9(3)11(10)8(7)2;1-7-4-5-12-10-6-8(2)9(3)11(7)10;1-8-5-4-6-12-7-9(2)10(3)11(8)12;1-7-4-5-11-12-6-8(2)9(3)10(7)12;6*1-2/h4-6H,7H2,1-3H3;5-6H,4H2,1-3H3;2*4-5H,6H2,1-3H3;4-7H,1-3H3;4-6H,1-3H3;6*1-2H3. The zero-order valence-electron chi connectivity index (χ0n) is 58.7. The molecule has 0 aliphatic heterocycles. The Morgan fingerprint density at radius 2 is 0.786 bits per heavy atom. The van der Waals surface area contributed by atoms with Crippen molar-refractivity contribution in [3.63, 3.8) is 0 Å². The van der Waals surface area contributed by atoms with Crippen molar-refractivity contribution in [2.24, 2.45) is 0 Å². The van der Waals surface area contributed by atoms with Crippen molar-refractivity contribution < 1.29 is 0 Å². The van der Waals surface area contributed by atoms with E-state index in [2.05, 4.69) is 210 Å². The maximum Gasteiger partial charge on any atom is 0.0707 e. The van der Waals surface area contributed by atoms with Crippen LogP contribution in [-0.2, 0) is 25.7 Å². The van der Waals surface area contributed by atoms with Crippen molar-refractivity contribution in [1.29, 1.82) is 0 Å². The molecule has 0 atom stereocenters. The van der Waals surface area contributed by atoms with Crippen molar-refractivity contribution in [1.82, 2.24) is 29.0 Å². The number of allylic oxidation sites excluding steroid dienone is 8. The fraction of sp³-hybridized carbons (Fsp3) is 0.436. The fourth-order valence-corrected chi connectivity index (χ4v) is 11.0. The van der Waals surface area contributed by atoms with E-state index < -0.39 is 0 Å². The van der Waals surface area contributed by atoms with Gasteiger partial charge in [0.1, 0.15) is 0 Å². The second-order valence-electron chi connectivity index (χ2n) is 20.9. The second-order valence-corrected chi connectivity index (χ2v) is 20.9. The Morgan fingerprint density at radius 1 is 0.345 bits per heavy atom. The van der Waals surface area contributed by atoms with Gasteiger partial charge < -0.3 is 4.40 Å². The van der Waals surface area contributed by atoms with E-state index >= 15 is 0 Å². The van der Waals surface area contributed by atoms with Gasteiger partial charge in [0.25, 0.3) is 0 Å². The monoisotopic (exact) mass is 1130 g/mol. The van der Waals surface area contributed by atoms with Gasteiger partial charge in [-0.15, -0.1) is 0 Å². The summed E-state index contributed by atoms with van der Waals surface area (Å²) < 4.78 is 4.14. The molecule has 0 amide bonds. The third-order valence-electron chi connectivity index (χ3n) is 15.8. The Bertz CT molecular complexity index is 3110. The van der Waals surface area contributed by atoms with Crippen molar-refractivity contribution >= 4 is 33.3 Å². The lowest BCUT2D eigenvalue weighted by molar-refractivity contribution is 0.930. The highest BCUT2D eigenvalue weighted by Crippen LogP contribution is 2.36. The zero-order valence-corrected chi connectivity index (χ0v) is 58.7. The quantitative estimate of drug-likeness (QED) is 0.152. The molecule has 0 saturated carbocycles. The van der Waals surface area contributed by atoms with E-state index in [0.717, 1.165) is 25.7 Å². The summed E-state index contributed by atoms with van der Waals surface area (Å²) in [5.74, 6) is 0. The number of hydrogen-bond donors (Lipinski definition) is 0. The summed E-state index contributed by atoms with van der Waals surface area (Å²) in [6.45, 7) is 63.1. The number of benzene rings is 1. The third-order valence-corrected chi connectivity index (χ3v) is 15.8. The molecule has 456 valence electrons. The first kappa shape index (κ1) is 75.1. The maximum atomic E-state index is 4.38. The Morgan fingerprint density at radius 3 is 1.31 bits per heavy atom. The molecule has 0 saturated heterocycles. The average molecular weight is 1140 g/mol. The van der Waals surface area contributed by atoms with Crippen LogP contribution >= 0.6 is 0 Å². The molecule has 6 heteroatoms. The minimum atomic E-state index is 1.04. The number of aromatic nitrogens is 6. The van der Waals surface area contributed by atoms with Gasteiger partial charge in [-0.1, -0.05) is 130 Å². The largest absolute Gasteiger partial charge is 0.323 e. The van der Waals surface area contributed by atoms with Gasteiger partial charge in [0, 0.05) is 72.8 Å². The van der Waals surface area contributed by atoms with E-state index in [9.17, 15) is 0 Å². The number of pyridine rings is 4. The molecule has 6 nitrogen and oxygen atoms in total. The molecular formula is C78H114N6. The van der Waals surface area contributed by atoms with E-state index in [1.165, 1.54) is 156 Å². The molecule has 1 aromatic carbocycles. The second kappa shape index (κ2) is 37.4. The summed E-state index contributed by atoms with van der Waals surface area (Å²) in [4.78, 5) is 12.9. The van der Waals surface area contributed by atoms with Gasteiger partial charge in [-0.05, 0) is 268 Å². The summed E-state index contributed by atoms with van der Waals surface area (Å²) in [5, 5.41) is 4.24. The molecule has 0 radical (unpaired) electrons. The smallest absolute Gasteiger partial charge is 0.0707 e. The summed E-state index contributed by atoms with van der Waals surface area (Å²) in [5.41, 5.74) is 38.9. The summed E-state index contributed by atoms with van der Waals surface area (Å²) >= 11 is 0. The molecule has 0 unspecified atom stereocenters. The van der Waals surface area contributed by atoms with E-state index in [0.29, 0.717) is 0 Å². The summed E-state index contributed by atoms with van der Waals surface area (Å²) in [6.07, 6.45) is 20.3. The molecule has 0 N–H and O–H groups in total. The number of aryl methyl sites for hydroxylation is 10. The number of fused-ring (bicyclic) bond motifs is 6. The van der Waals surface area contributed by atoms with Gasteiger partial charge >= 0.3 is 0 Å². The first-order valence-electron chi connectivity index (χ1n) is 31.7. The topological polar surface area (TPSA) is 60.4 Å². The normalized spacial score (nSPS) is 12.3. The lowest BCUT2D eigenvalue weighted by Crippen LogP contribution is -1.91. The highest BCUT2D eigenvalue weighted by atomic mass is 15.2. The predicted octanol–water partition coefficient (Wildman–Crippen LogP) is 22.8. The zero-order chi connectivity index (χ0) is 64.3. The van der Waals surface area contributed by atoms with Crippen molar-refractivity contribution in [2.75, 3.05) is 0 Å². The van der Waals surface area contributed by atoms with Crippen LogP contribution in [-0.4, -0.2) is 29.0 Å². The highest BCUT2D eigenvalue weighted by molar-refractivity contribution is 5.78. The van der Waals surface area contributed by atoms with E-state index in [1.807, 2.05) is 125 Å². The minimum absolute atomic E-state index is 1.04. The van der Waals surface area contributed by atoms with Crippen LogP contribution in [0.5, 0.6) is 0 Å². The Balaban J connectivity index is 0.000000486. The Kier molecular flexibility index (Phi) is 33.4. The van der Waals surface area contributed by atoms with Gasteiger partial charge in [-0.2, -0.15) is 5.10 Å². The van der Waals surface area contributed by atoms with E-state index in [4.69, 9.17) is 0 Å². The number of nitrogens with zero attached hydrogens (tertiary/aromatic N) is 6. The van der Waals surface area contributed by atoms with Crippen LogP contribution in [0.25, 0.3) is 33.3 Å². The molecule has 4 aliphatic rings. The molecule has 0 fully saturated rings. The van der Waals surface area contributed by atoms with Crippen LogP contribution in [0.1, 0.15) is 239 Å². The van der Waals surface area contributed by atoms with E-state index in [1.54, 1.807) is 0 Å². The van der Waals surface area contributed by atoms with Gasteiger partial charge in [-0.3, -0.25) is 15.0 Å². The molecule has 7 heterocycles. The molecular weight excluding hydrogens is 1020 g/mol. The van der Waals surface area contributed by atoms with Crippen LogP contribution in [0.15, 0.2) is 120 Å². The fourth-order valence-electron chi connectivity index (χ4n) is 11.0. The first-order chi connectivity index (χ1) is 40.2. The summed E-state index contributed by atoms with van der Waals surface area (Å²) in [7, 11) is 0. The van der Waals surface area contributed by atoms with Crippen molar-refractivity contribution in [2.45, 2.75) is 233 Å². The van der Waals surface area contributed by atoms with Gasteiger partial charge in [0.05, 0.1) is 16.7 Å². The maximum absolute atomic E-state index is 4.38. The highest BCUT2D eigenvalue weighted by Gasteiger charge is 2.20. The molecule has 4 aliphatic carbocycles. The van der Waals surface area contributed by atoms with Crippen molar-refractivity contribution in [3.8, 4) is 0 Å². The Hall–Kier alpha value is -6.92. The SMILES string of the molecule is CC.CC.CC.CC.CC.CC.CC1=C(C)c2c(C)cccc2C1.CC1=C(C)c2c(C)ccnc2C1.CC1=C(C)c2c(C)cncc2C1.CC1=C(C)c2c(ccnc2C)C1.Cc1cn2cccc(C)c2c1C.Cc1cn2nccc(C)c2c1C. The average Bonchev–Trinajstić information content (AvgIpc) is 4.39. The Labute approximate surface area is 513 Å².